The molecule has 0 aromatic heterocycles. The van der Waals surface area contributed by atoms with Crippen LogP contribution in [0.15, 0.2) is 18.2 Å². The summed E-state index contributed by atoms with van der Waals surface area (Å²) in [6.45, 7) is 0.429. The summed E-state index contributed by atoms with van der Waals surface area (Å²) in [7, 11) is 1.89. The van der Waals surface area contributed by atoms with Crippen molar-refractivity contribution in [1.29, 1.82) is 0 Å². The lowest BCUT2D eigenvalue weighted by Crippen LogP contribution is -2.49. The van der Waals surface area contributed by atoms with E-state index in [1.54, 1.807) is 0 Å². The van der Waals surface area contributed by atoms with E-state index in [0.717, 1.165) is 38.2 Å². The van der Waals surface area contributed by atoms with Crippen molar-refractivity contribution in [3.63, 3.8) is 0 Å². The number of carboxylic acid groups (broad SMARTS) is 1. The van der Waals surface area contributed by atoms with E-state index in [2.05, 4.69) is 0 Å². The number of hydrogen-bond donors (Lipinski definition) is 2. The molecule has 1 aromatic carbocycles. The number of hydrogen-bond acceptors (Lipinski definition) is 3. The lowest BCUT2D eigenvalue weighted by Gasteiger charge is -2.44. The smallest absolute Gasteiger partial charge is 0.305 e. The van der Waals surface area contributed by atoms with E-state index in [1.165, 1.54) is 12.1 Å². The summed E-state index contributed by atoms with van der Waals surface area (Å²) in [5.41, 5.74) is 0.289. The molecule has 0 amide bonds. The SMILES string of the molecule is CN(Cc1cc(O)cc(F)c1)C1(CC(=O)O)CCCCC1. The first-order valence-electron chi connectivity index (χ1n) is 7.33. The van der Waals surface area contributed by atoms with Crippen LogP contribution in [0.4, 0.5) is 4.39 Å². The summed E-state index contributed by atoms with van der Waals surface area (Å²) < 4.78 is 13.4. The van der Waals surface area contributed by atoms with E-state index in [0.29, 0.717) is 12.1 Å². The van der Waals surface area contributed by atoms with Crippen molar-refractivity contribution < 1.29 is 19.4 Å². The van der Waals surface area contributed by atoms with Crippen LogP contribution in [-0.4, -0.2) is 33.7 Å². The molecule has 2 rings (SSSR count). The topological polar surface area (TPSA) is 60.8 Å². The molecule has 1 aromatic rings. The van der Waals surface area contributed by atoms with E-state index in [4.69, 9.17) is 0 Å². The number of benzene rings is 1. The molecule has 116 valence electrons. The monoisotopic (exact) mass is 295 g/mol. The second-order valence-electron chi connectivity index (χ2n) is 6.03. The van der Waals surface area contributed by atoms with E-state index in [9.17, 15) is 19.4 Å². The predicted molar refractivity (Wildman–Crippen MR) is 77.6 cm³/mol. The Labute approximate surface area is 124 Å². The molecule has 0 radical (unpaired) electrons. The highest BCUT2D eigenvalue weighted by Gasteiger charge is 2.38. The van der Waals surface area contributed by atoms with Gasteiger partial charge in [-0.25, -0.2) is 4.39 Å². The first-order chi connectivity index (χ1) is 9.91. The summed E-state index contributed by atoms with van der Waals surface area (Å²) in [5, 5.41) is 18.7. The third kappa shape index (κ3) is 3.94. The number of carbonyl (C=O) groups is 1. The number of rotatable bonds is 5. The minimum Gasteiger partial charge on any atom is -0.508 e. The Morgan fingerprint density at radius 1 is 1.29 bits per heavy atom. The van der Waals surface area contributed by atoms with Crippen molar-refractivity contribution in [3.05, 3.63) is 29.6 Å². The Hall–Kier alpha value is -1.62. The summed E-state index contributed by atoms with van der Waals surface area (Å²) in [6, 6.07) is 3.97. The molecule has 0 atom stereocenters. The van der Waals surface area contributed by atoms with Gasteiger partial charge in [0.15, 0.2) is 0 Å². The fraction of sp³-hybridized carbons (Fsp3) is 0.562. The van der Waals surface area contributed by atoms with Crippen molar-refractivity contribution in [3.8, 4) is 5.75 Å². The predicted octanol–water partition coefficient (Wildman–Crippen LogP) is 3.14. The zero-order valence-corrected chi connectivity index (χ0v) is 12.3. The minimum absolute atomic E-state index is 0.102. The maximum absolute atomic E-state index is 13.4. The van der Waals surface area contributed by atoms with Crippen LogP contribution in [0.25, 0.3) is 0 Å². The van der Waals surface area contributed by atoms with Crippen LogP contribution in [-0.2, 0) is 11.3 Å². The molecular formula is C16H22FNO3. The van der Waals surface area contributed by atoms with Crippen molar-refractivity contribution >= 4 is 5.97 Å². The maximum atomic E-state index is 13.4. The largest absolute Gasteiger partial charge is 0.508 e. The van der Waals surface area contributed by atoms with Gasteiger partial charge in [-0.15, -0.1) is 0 Å². The number of aliphatic carboxylic acids is 1. The van der Waals surface area contributed by atoms with Crippen LogP contribution in [0.1, 0.15) is 44.1 Å². The van der Waals surface area contributed by atoms with E-state index < -0.39 is 11.8 Å². The number of carboxylic acids is 1. The van der Waals surface area contributed by atoms with Crippen LogP contribution in [0.3, 0.4) is 0 Å². The van der Waals surface area contributed by atoms with Crippen LogP contribution < -0.4 is 0 Å². The number of halogens is 1. The average Bonchev–Trinajstić information content (AvgIpc) is 2.37. The first-order valence-corrected chi connectivity index (χ1v) is 7.33. The van der Waals surface area contributed by atoms with Gasteiger partial charge >= 0.3 is 5.97 Å². The lowest BCUT2D eigenvalue weighted by molar-refractivity contribution is -0.141. The molecule has 1 fully saturated rings. The zero-order chi connectivity index (χ0) is 15.5. The van der Waals surface area contributed by atoms with Gasteiger partial charge in [-0.2, -0.15) is 0 Å². The molecule has 0 unspecified atom stereocenters. The second kappa shape index (κ2) is 6.43. The summed E-state index contributed by atoms with van der Waals surface area (Å²) >= 11 is 0. The van der Waals surface area contributed by atoms with Crippen molar-refractivity contribution in [2.45, 2.75) is 50.6 Å². The maximum Gasteiger partial charge on any atom is 0.305 e. The summed E-state index contributed by atoms with van der Waals surface area (Å²) in [6.07, 6.45) is 4.97. The molecule has 1 aliphatic carbocycles. The van der Waals surface area contributed by atoms with Gasteiger partial charge in [0.1, 0.15) is 11.6 Å². The number of aromatic hydroxyl groups is 1. The summed E-state index contributed by atoms with van der Waals surface area (Å²) in [4.78, 5) is 13.2. The standard InChI is InChI=1S/C16H22FNO3/c1-18(11-12-7-13(17)9-14(19)8-12)16(10-15(20)21)5-3-2-4-6-16/h7-9,19H,2-6,10-11H2,1H3,(H,20,21). The molecule has 0 bridgehead atoms. The second-order valence-corrected chi connectivity index (χ2v) is 6.03. The Balaban J connectivity index is 2.17. The van der Waals surface area contributed by atoms with Gasteiger partial charge in [-0.1, -0.05) is 19.3 Å². The van der Waals surface area contributed by atoms with Gasteiger partial charge in [-0.3, -0.25) is 9.69 Å². The van der Waals surface area contributed by atoms with Gasteiger partial charge in [-0.05, 0) is 37.6 Å². The molecule has 2 N–H and O–H groups in total. The highest BCUT2D eigenvalue weighted by Crippen LogP contribution is 2.36. The molecule has 4 nitrogen and oxygen atoms in total. The van der Waals surface area contributed by atoms with Gasteiger partial charge < -0.3 is 10.2 Å². The van der Waals surface area contributed by atoms with Crippen molar-refractivity contribution in [2.75, 3.05) is 7.05 Å². The quantitative estimate of drug-likeness (QED) is 0.876. The molecule has 0 heterocycles. The lowest BCUT2D eigenvalue weighted by atomic mass is 9.78. The molecule has 0 saturated heterocycles. The third-order valence-electron chi connectivity index (χ3n) is 4.44. The van der Waals surface area contributed by atoms with Crippen LogP contribution in [0, 0.1) is 5.82 Å². The number of phenols is 1. The Morgan fingerprint density at radius 2 is 1.95 bits per heavy atom. The molecule has 1 aliphatic rings. The summed E-state index contributed by atoms with van der Waals surface area (Å²) in [5.74, 6) is -1.38. The van der Waals surface area contributed by atoms with E-state index in [-0.39, 0.29) is 17.7 Å². The molecular weight excluding hydrogens is 273 g/mol. The number of phenolic OH excluding ortho intramolecular Hbond substituents is 1. The molecule has 1 saturated carbocycles. The average molecular weight is 295 g/mol. The fourth-order valence-corrected chi connectivity index (χ4v) is 3.35. The highest BCUT2D eigenvalue weighted by molar-refractivity contribution is 5.68. The normalized spacial score (nSPS) is 17.9. The van der Waals surface area contributed by atoms with Crippen molar-refractivity contribution in [1.82, 2.24) is 4.90 Å². The Morgan fingerprint density at radius 3 is 2.52 bits per heavy atom. The Kier molecular flexibility index (Phi) is 4.83. The fourth-order valence-electron chi connectivity index (χ4n) is 3.35. The first kappa shape index (κ1) is 15.8. The zero-order valence-electron chi connectivity index (χ0n) is 12.3. The number of nitrogens with zero attached hydrogens (tertiary/aromatic N) is 1. The molecule has 0 spiro atoms. The molecule has 5 heteroatoms. The van der Waals surface area contributed by atoms with Crippen LogP contribution in [0.5, 0.6) is 5.75 Å². The van der Waals surface area contributed by atoms with Gasteiger partial charge in [0.25, 0.3) is 0 Å². The van der Waals surface area contributed by atoms with Crippen LogP contribution >= 0.6 is 0 Å². The van der Waals surface area contributed by atoms with E-state index >= 15 is 0 Å². The molecule has 21 heavy (non-hydrogen) atoms. The van der Waals surface area contributed by atoms with Crippen molar-refractivity contribution in [2.24, 2.45) is 0 Å². The Bertz CT molecular complexity index is 492. The highest BCUT2D eigenvalue weighted by atomic mass is 19.1. The molecule has 0 aliphatic heterocycles. The third-order valence-corrected chi connectivity index (χ3v) is 4.44. The van der Waals surface area contributed by atoms with Gasteiger partial charge in [0.05, 0.1) is 6.42 Å². The van der Waals surface area contributed by atoms with E-state index in [1.807, 2.05) is 11.9 Å². The van der Waals surface area contributed by atoms with Gasteiger partial charge in [0.2, 0.25) is 0 Å². The van der Waals surface area contributed by atoms with Crippen LogP contribution in [0.2, 0.25) is 0 Å². The minimum atomic E-state index is -0.800. The van der Waals surface area contributed by atoms with Gasteiger partial charge in [0, 0.05) is 18.2 Å².